The van der Waals surface area contributed by atoms with Crippen molar-refractivity contribution >= 4 is 11.6 Å². The maximum atomic E-state index is 12.4. The van der Waals surface area contributed by atoms with E-state index in [0.717, 1.165) is 5.56 Å². The Morgan fingerprint density at radius 3 is 2.28 bits per heavy atom. The number of amides is 1. The molecule has 0 unspecified atom stereocenters. The predicted molar refractivity (Wildman–Crippen MR) is 98.2 cm³/mol. The second kappa shape index (κ2) is 8.02. The molecule has 3 aromatic rings. The molecule has 0 bridgehead atoms. The second-order valence-corrected chi connectivity index (χ2v) is 5.45. The van der Waals surface area contributed by atoms with Gasteiger partial charge in [-0.25, -0.2) is 0 Å². The maximum Gasteiger partial charge on any atom is 0.255 e. The van der Waals surface area contributed by atoms with Gasteiger partial charge in [0.2, 0.25) is 0 Å². The molecule has 3 rings (SSSR count). The van der Waals surface area contributed by atoms with Gasteiger partial charge in [-0.3, -0.25) is 4.79 Å². The van der Waals surface area contributed by atoms with E-state index in [-0.39, 0.29) is 5.91 Å². The van der Waals surface area contributed by atoms with Gasteiger partial charge in [0.15, 0.2) is 0 Å². The Balaban J connectivity index is 1.70. The van der Waals surface area contributed by atoms with Crippen LogP contribution in [0.3, 0.4) is 0 Å². The van der Waals surface area contributed by atoms with Crippen LogP contribution < -0.4 is 14.8 Å². The zero-order valence-corrected chi connectivity index (χ0v) is 13.9. The summed E-state index contributed by atoms with van der Waals surface area (Å²) < 4.78 is 11.0. The van der Waals surface area contributed by atoms with Gasteiger partial charge in [-0.1, -0.05) is 42.5 Å². The van der Waals surface area contributed by atoms with Crippen LogP contribution in [0.5, 0.6) is 11.5 Å². The fraction of sp³-hybridized carbons (Fsp3) is 0.0952. The minimum atomic E-state index is -0.196. The Kier molecular flexibility index (Phi) is 5.32. The van der Waals surface area contributed by atoms with Crippen molar-refractivity contribution in [3.63, 3.8) is 0 Å². The maximum absolute atomic E-state index is 12.4. The lowest BCUT2D eigenvalue weighted by Gasteiger charge is -2.13. The SMILES string of the molecule is COc1ccc(C(=O)Nc2ccccc2OCc2ccccc2)cc1. The van der Waals surface area contributed by atoms with E-state index in [4.69, 9.17) is 9.47 Å². The molecule has 0 aromatic heterocycles. The summed E-state index contributed by atoms with van der Waals surface area (Å²) in [6.45, 7) is 0.441. The van der Waals surface area contributed by atoms with Crippen LogP contribution in [0, 0.1) is 0 Å². The topological polar surface area (TPSA) is 47.6 Å². The van der Waals surface area contributed by atoms with Gasteiger partial charge in [-0.2, -0.15) is 0 Å². The molecule has 126 valence electrons. The lowest BCUT2D eigenvalue weighted by molar-refractivity contribution is 0.102. The highest BCUT2D eigenvalue weighted by Gasteiger charge is 2.10. The highest BCUT2D eigenvalue weighted by Crippen LogP contribution is 2.25. The molecule has 0 aliphatic heterocycles. The number of hydrogen-bond donors (Lipinski definition) is 1. The third-order valence-electron chi connectivity index (χ3n) is 3.72. The first kappa shape index (κ1) is 16.6. The number of carbonyl (C=O) groups excluding carboxylic acids is 1. The van der Waals surface area contributed by atoms with Crippen LogP contribution in [-0.4, -0.2) is 13.0 Å². The van der Waals surface area contributed by atoms with Gasteiger partial charge >= 0.3 is 0 Å². The highest BCUT2D eigenvalue weighted by atomic mass is 16.5. The van der Waals surface area contributed by atoms with Crippen molar-refractivity contribution in [1.29, 1.82) is 0 Å². The van der Waals surface area contributed by atoms with E-state index >= 15 is 0 Å². The van der Waals surface area contributed by atoms with Crippen molar-refractivity contribution in [2.24, 2.45) is 0 Å². The largest absolute Gasteiger partial charge is 0.497 e. The molecule has 1 amide bonds. The minimum absolute atomic E-state index is 0.196. The molecule has 3 aromatic carbocycles. The van der Waals surface area contributed by atoms with Crippen molar-refractivity contribution in [3.8, 4) is 11.5 Å². The van der Waals surface area contributed by atoms with Gasteiger partial charge in [-0.05, 0) is 42.0 Å². The Morgan fingerprint density at radius 1 is 0.880 bits per heavy atom. The smallest absolute Gasteiger partial charge is 0.255 e. The van der Waals surface area contributed by atoms with Gasteiger partial charge in [-0.15, -0.1) is 0 Å². The minimum Gasteiger partial charge on any atom is -0.497 e. The number of nitrogens with one attached hydrogen (secondary N) is 1. The molecule has 0 heterocycles. The monoisotopic (exact) mass is 333 g/mol. The number of hydrogen-bond acceptors (Lipinski definition) is 3. The van der Waals surface area contributed by atoms with Crippen LogP contribution in [0.1, 0.15) is 15.9 Å². The number of anilines is 1. The summed E-state index contributed by atoms with van der Waals surface area (Å²) in [7, 11) is 1.59. The Morgan fingerprint density at radius 2 is 1.56 bits per heavy atom. The Bertz CT molecular complexity index is 829. The summed E-state index contributed by atoms with van der Waals surface area (Å²) >= 11 is 0. The molecule has 0 saturated heterocycles. The molecule has 4 nitrogen and oxygen atoms in total. The summed E-state index contributed by atoms with van der Waals surface area (Å²) in [6, 6.07) is 24.3. The summed E-state index contributed by atoms with van der Waals surface area (Å²) in [5, 5.41) is 2.90. The summed E-state index contributed by atoms with van der Waals surface area (Å²) in [6.07, 6.45) is 0. The van der Waals surface area contributed by atoms with E-state index in [0.29, 0.717) is 29.4 Å². The normalized spacial score (nSPS) is 10.1. The first-order chi connectivity index (χ1) is 12.3. The fourth-order valence-corrected chi connectivity index (χ4v) is 2.37. The van der Waals surface area contributed by atoms with Gasteiger partial charge in [0.25, 0.3) is 5.91 Å². The average molecular weight is 333 g/mol. The molecule has 25 heavy (non-hydrogen) atoms. The number of rotatable bonds is 6. The number of methoxy groups -OCH3 is 1. The van der Waals surface area contributed by atoms with Crippen LogP contribution in [0.25, 0.3) is 0 Å². The Labute approximate surface area is 147 Å². The van der Waals surface area contributed by atoms with Crippen molar-refractivity contribution in [2.75, 3.05) is 12.4 Å². The molecule has 1 N–H and O–H groups in total. The van der Waals surface area contributed by atoms with E-state index < -0.39 is 0 Å². The second-order valence-electron chi connectivity index (χ2n) is 5.45. The number of carbonyl (C=O) groups is 1. The zero-order valence-electron chi connectivity index (χ0n) is 13.9. The number of benzene rings is 3. The first-order valence-corrected chi connectivity index (χ1v) is 7.97. The van der Waals surface area contributed by atoms with Crippen molar-refractivity contribution < 1.29 is 14.3 Å². The molecule has 0 aliphatic rings. The van der Waals surface area contributed by atoms with Crippen molar-refractivity contribution in [1.82, 2.24) is 0 Å². The zero-order chi connectivity index (χ0) is 17.5. The quantitative estimate of drug-likeness (QED) is 0.721. The molecule has 0 radical (unpaired) electrons. The molecule has 0 spiro atoms. The Hall–Kier alpha value is -3.27. The van der Waals surface area contributed by atoms with E-state index in [9.17, 15) is 4.79 Å². The van der Waals surface area contributed by atoms with Crippen LogP contribution in [0.2, 0.25) is 0 Å². The molecule has 0 atom stereocenters. The van der Waals surface area contributed by atoms with Crippen LogP contribution in [0.15, 0.2) is 78.9 Å². The lowest BCUT2D eigenvalue weighted by atomic mass is 10.2. The fourth-order valence-electron chi connectivity index (χ4n) is 2.37. The average Bonchev–Trinajstić information content (AvgIpc) is 2.68. The van der Waals surface area contributed by atoms with Gasteiger partial charge < -0.3 is 14.8 Å². The van der Waals surface area contributed by atoms with E-state index in [1.807, 2.05) is 54.6 Å². The summed E-state index contributed by atoms with van der Waals surface area (Å²) in [5.41, 5.74) is 2.26. The van der Waals surface area contributed by atoms with E-state index in [1.165, 1.54) is 0 Å². The predicted octanol–water partition coefficient (Wildman–Crippen LogP) is 4.53. The van der Waals surface area contributed by atoms with Gasteiger partial charge in [0, 0.05) is 5.56 Å². The lowest BCUT2D eigenvalue weighted by Crippen LogP contribution is -2.12. The van der Waals surface area contributed by atoms with Crippen LogP contribution in [-0.2, 0) is 6.61 Å². The van der Waals surface area contributed by atoms with Crippen LogP contribution in [0.4, 0.5) is 5.69 Å². The molecular weight excluding hydrogens is 314 g/mol. The number of ether oxygens (including phenoxy) is 2. The summed E-state index contributed by atoms with van der Waals surface area (Å²) in [5.74, 6) is 1.15. The van der Waals surface area contributed by atoms with Crippen molar-refractivity contribution in [3.05, 3.63) is 90.0 Å². The molecule has 0 fully saturated rings. The van der Waals surface area contributed by atoms with Gasteiger partial charge in [0.1, 0.15) is 18.1 Å². The summed E-state index contributed by atoms with van der Waals surface area (Å²) in [4.78, 5) is 12.4. The van der Waals surface area contributed by atoms with Crippen LogP contribution >= 0.6 is 0 Å². The molecule has 0 aliphatic carbocycles. The van der Waals surface area contributed by atoms with Gasteiger partial charge in [0.05, 0.1) is 12.8 Å². The number of para-hydroxylation sites is 2. The van der Waals surface area contributed by atoms with E-state index in [2.05, 4.69) is 5.32 Å². The first-order valence-electron chi connectivity index (χ1n) is 7.97. The third kappa shape index (κ3) is 4.38. The molecule has 0 saturated carbocycles. The molecule has 4 heteroatoms. The van der Waals surface area contributed by atoms with Crippen molar-refractivity contribution in [2.45, 2.75) is 6.61 Å². The van der Waals surface area contributed by atoms with E-state index in [1.54, 1.807) is 31.4 Å². The highest BCUT2D eigenvalue weighted by molar-refractivity contribution is 6.05. The molecular formula is C21H19NO3. The standard InChI is InChI=1S/C21H19NO3/c1-24-18-13-11-17(12-14-18)21(23)22-19-9-5-6-10-20(19)25-15-16-7-3-2-4-8-16/h2-14H,15H2,1H3,(H,22,23). The third-order valence-corrected chi connectivity index (χ3v) is 3.72.